The van der Waals surface area contributed by atoms with E-state index in [0.717, 1.165) is 24.5 Å². The minimum Gasteiger partial charge on any atom is -0.486 e. The Hall–Kier alpha value is -2.69. The largest absolute Gasteiger partial charge is 0.486 e. The van der Waals surface area contributed by atoms with Crippen molar-refractivity contribution in [2.24, 2.45) is 0 Å². The highest BCUT2D eigenvalue weighted by molar-refractivity contribution is 6.06. The van der Waals surface area contributed by atoms with Gasteiger partial charge in [-0.2, -0.15) is 0 Å². The predicted octanol–water partition coefficient (Wildman–Crippen LogP) is 3.31. The lowest BCUT2D eigenvalue weighted by Gasteiger charge is -2.22. The quantitative estimate of drug-likeness (QED) is 0.941. The Bertz CT molecular complexity index is 754. The summed E-state index contributed by atoms with van der Waals surface area (Å²) in [7, 11) is 0. The minimum absolute atomic E-state index is 0.140. The van der Waals surface area contributed by atoms with Gasteiger partial charge in [-0.15, -0.1) is 0 Å². The molecule has 0 atom stereocenters. The number of benzene rings is 2. The maximum atomic E-state index is 12.6. The van der Waals surface area contributed by atoms with Crippen LogP contribution in [-0.4, -0.2) is 32.2 Å². The average Bonchev–Trinajstić information content (AvgIpc) is 3.16. The van der Waals surface area contributed by atoms with E-state index in [0.29, 0.717) is 30.3 Å². The smallest absolute Gasteiger partial charge is 0.255 e. The van der Waals surface area contributed by atoms with Gasteiger partial charge in [0.25, 0.3) is 5.91 Å². The van der Waals surface area contributed by atoms with E-state index in [1.807, 2.05) is 18.2 Å². The summed E-state index contributed by atoms with van der Waals surface area (Å²) in [5, 5.41) is 3.03. The molecular formula is C19H20N2O3. The summed E-state index contributed by atoms with van der Waals surface area (Å²) >= 11 is 0. The number of carbonyl (C=O) groups is 1. The number of anilines is 2. The molecule has 0 spiro atoms. The molecule has 1 fully saturated rings. The van der Waals surface area contributed by atoms with Crippen molar-refractivity contribution in [2.45, 2.75) is 12.8 Å². The van der Waals surface area contributed by atoms with Gasteiger partial charge in [-0.1, -0.05) is 12.1 Å². The fourth-order valence-corrected chi connectivity index (χ4v) is 3.19. The van der Waals surface area contributed by atoms with Crippen LogP contribution < -0.4 is 19.7 Å². The Morgan fingerprint density at radius 1 is 0.958 bits per heavy atom. The number of fused-ring (bicyclic) bond motifs is 1. The van der Waals surface area contributed by atoms with Crippen molar-refractivity contribution in [2.75, 3.05) is 36.5 Å². The normalized spacial score (nSPS) is 16.1. The van der Waals surface area contributed by atoms with Gasteiger partial charge in [0.1, 0.15) is 13.2 Å². The van der Waals surface area contributed by atoms with Crippen molar-refractivity contribution in [3.8, 4) is 11.5 Å². The first-order valence-electron chi connectivity index (χ1n) is 8.36. The molecule has 0 aliphatic carbocycles. The maximum Gasteiger partial charge on any atom is 0.255 e. The van der Waals surface area contributed by atoms with Gasteiger partial charge < -0.3 is 19.7 Å². The summed E-state index contributed by atoms with van der Waals surface area (Å²) in [4.78, 5) is 15.0. The van der Waals surface area contributed by atoms with E-state index < -0.39 is 0 Å². The third-order valence-electron chi connectivity index (χ3n) is 4.40. The van der Waals surface area contributed by atoms with Crippen LogP contribution in [0.5, 0.6) is 11.5 Å². The number of rotatable bonds is 3. The predicted molar refractivity (Wildman–Crippen MR) is 93.3 cm³/mol. The Morgan fingerprint density at radius 3 is 2.54 bits per heavy atom. The van der Waals surface area contributed by atoms with Crippen LogP contribution in [0.25, 0.3) is 0 Å². The van der Waals surface area contributed by atoms with E-state index >= 15 is 0 Å². The van der Waals surface area contributed by atoms with Crippen LogP contribution >= 0.6 is 0 Å². The van der Waals surface area contributed by atoms with E-state index in [1.165, 1.54) is 12.8 Å². The third-order valence-corrected chi connectivity index (χ3v) is 4.40. The topological polar surface area (TPSA) is 50.8 Å². The molecule has 2 aliphatic heterocycles. The van der Waals surface area contributed by atoms with E-state index in [-0.39, 0.29) is 5.91 Å². The molecule has 1 N–H and O–H groups in total. The second kappa shape index (κ2) is 6.43. The van der Waals surface area contributed by atoms with Crippen molar-refractivity contribution in [1.29, 1.82) is 0 Å². The van der Waals surface area contributed by atoms with E-state index in [4.69, 9.17) is 9.47 Å². The molecule has 4 rings (SSSR count). The molecule has 0 bridgehead atoms. The summed E-state index contributed by atoms with van der Waals surface area (Å²) < 4.78 is 11.1. The van der Waals surface area contributed by atoms with Crippen LogP contribution in [0, 0.1) is 0 Å². The fraction of sp³-hybridized carbons (Fsp3) is 0.316. The number of ether oxygens (including phenoxy) is 2. The van der Waals surface area contributed by atoms with Crippen molar-refractivity contribution >= 4 is 17.3 Å². The molecule has 5 heteroatoms. The van der Waals surface area contributed by atoms with Crippen molar-refractivity contribution in [3.63, 3.8) is 0 Å². The van der Waals surface area contributed by atoms with Crippen LogP contribution in [0.2, 0.25) is 0 Å². The number of amides is 1. The first kappa shape index (κ1) is 14.9. The van der Waals surface area contributed by atoms with Crippen LogP contribution in [0.1, 0.15) is 23.2 Å². The van der Waals surface area contributed by atoms with E-state index in [9.17, 15) is 4.79 Å². The number of hydrogen-bond acceptors (Lipinski definition) is 4. The lowest BCUT2D eigenvalue weighted by atomic mass is 10.1. The molecule has 0 unspecified atom stereocenters. The first-order chi connectivity index (χ1) is 11.8. The van der Waals surface area contributed by atoms with Crippen molar-refractivity contribution < 1.29 is 14.3 Å². The number of nitrogens with one attached hydrogen (secondary N) is 1. The zero-order valence-electron chi connectivity index (χ0n) is 13.5. The van der Waals surface area contributed by atoms with E-state index in [2.05, 4.69) is 16.3 Å². The summed E-state index contributed by atoms with van der Waals surface area (Å²) in [6.45, 7) is 3.13. The number of carbonyl (C=O) groups excluding carboxylic acids is 1. The monoisotopic (exact) mass is 324 g/mol. The summed E-state index contributed by atoms with van der Waals surface area (Å²) in [6, 6.07) is 13.3. The Morgan fingerprint density at radius 2 is 1.71 bits per heavy atom. The van der Waals surface area contributed by atoms with Crippen LogP contribution in [-0.2, 0) is 0 Å². The molecule has 2 heterocycles. The van der Waals surface area contributed by atoms with Gasteiger partial charge in [0.2, 0.25) is 0 Å². The Labute approximate surface area is 141 Å². The standard InChI is InChI=1S/C19H20N2O3/c22-19(14-7-8-17-18(13-14)24-12-11-23-17)20-15-5-1-2-6-16(15)21-9-3-4-10-21/h1-2,5-8,13H,3-4,9-12H2,(H,20,22). The molecule has 124 valence electrons. The minimum atomic E-state index is -0.140. The summed E-state index contributed by atoms with van der Waals surface area (Å²) in [5.74, 6) is 1.18. The third kappa shape index (κ3) is 2.89. The summed E-state index contributed by atoms with van der Waals surface area (Å²) in [6.07, 6.45) is 2.40. The highest BCUT2D eigenvalue weighted by Crippen LogP contribution is 2.32. The SMILES string of the molecule is O=C(Nc1ccccc1N1CCCC1)c1ccc2c(c1)OCCO2. The van der Waals surface area contributed by atoms with Gasteiger partial charge in [0.05, 0.1) is 11.4 Å². The maximum absolute atomic E-state index is 12.6. The van der Waals surface area contributed by atoms with Gasteiger partial charge in [-0.3, -0.25) is 4.79 Å². The molecule has 1 amide bonds. The average molecular weight is 324 g/mol. The molecule has 0 aromatic heterocycles. The van der Waals surface area contributed by atoms with Gasteiger partial charge >= 0.3 is 0 Å². The number of hydrogen-bond donors (Lipinski definition) is 1. The number of para-hydroxylation sites is 2. The Balaban J connectivity index is 1.56. The molecule has 5 nitrogen and oxygen atoms in total. The molecule has 0 saturated carbocycles. The molecule has 24 heavy (non-hydrogen) atoms. The van der Waals surface area contributed by atoms with Crippen molar-refractivity contribution in [3.05, 3.63) is 48.0 Å². The molecular weight excluding hydrogens is 304 g/mol. The molecule has 2 aliphatic rings. The zero-order chi connectivity index (χ0) is 16.4. The molecule has 2 aromatic carbocycles. The molecule has 0 radical (unpaired) electrons. The second-order valence-electron chi connectivity index (χ2n) is 6.02. The van der Waals surface area contributed by atoms with E-state index in [1.54, 1.807) is 18.2 Å². The lowest BCUT2D eigenvalue weighted by molar-refractivity contribution is 0.102. The fourth-order valence-electron chi connectivity index (χ4n) is 3.19. The second-order valence-corrected chi connectivity index (χ2v) is 6.02. The van der Waals surface area contributed by atoms with Crippen LogP contribution in [0.4, 0.5) is 11.4 Å². The van der Waals surface area contributed by atoms with Crippen molar-refractivity contribution in [1.82, 2.24) is 0 Å². The highest BCUT2D eigenvalue weighted by atomic mass is 16.6. The summed E-state index contributed by atoms with van der Waals surface area (Å²) in [5.41, 5.74) is 2.50. The van der Waals surface area contributed by atoms with Gasteiger partial charge in [0.15, 0.2) is 11.5 Å². The van der Waals surface area contributed by atoms with Gasteiger partial charge in [0, 0.05) is 18.7 Å². The molecule has 2 aromatic rings. The van der Waals surface area contributed by atoms with Gasteiger partial charge in [-0.05, 0) is 43.2 Å². The Kier molecular flexibility index (Phi) is 3.99. The zero-order valence-corrected chi connectivity index (χ0v) is 13.5. The van der Waals surface area contributed by atoms with Gasteiger partial charge in [-0.25, -0.2) is 0 Å². The first-order valence-corrected chi connectivity index (χ1v) is 8.36. The van der Waals surface area contributed by atoms with Crippen LogP contribution in [0.3, 0.4) is 0 Å². The molecule has 1 saturated heterocycles. The highest BCUT2D eigenvalue weighted by Gasteiger charge is 2.18. The lowest BCUT2D eigenvalue weighted by Crippen LogP contribution is -2.21. The van der Waals surface area contributed by atoms with Crippen LogP contribution in [0.15, 0.2) is 42.5 Å². The number of nitrogens with zero attached hydrogens (tertiary/aromatic N) is 1.